The van der Waals surface area contributed by atoms with E-state index >= 15 is 0 Å². The quantitative estimate of drug-likeness (QED) is 0.395. The van der Waals surface area contributed by atoms with Crippen LogP contribution in [0.2, 0.25) is 0 Å². The fraction of sp³-hybridized carbons (Fsp3) is 0.654. The minimum atomic E-state index is -0.599. The van der Waals surface area contributed by atoms with Gasteiger partial charge in [-0.25, -0.2) is 0 Å². The maximum atomic E-state index is 12.9. The molecule has 1 unspecified atom stereocenters. The maximum Gasteiger partial charge on any atom is 0.255 e. The van der Waals surface area contributed by atoms with E-state index in [1.54, 1.807) is 11.0 Å². The van der Waals surface area contributed by atoms with Crippen molar-refractivity contribution in [3.63, 3.8) is 0 Å². The Hall–Kier alpha value is -2.45. The van der Waals surface area contributed by atoms with Gasteiger partial charge in [-0.05, 0) is 50.9 Å². The number of fused-ring (bicyclic) bond motifs is 1. The number of nitrogens with one attached hydrogen (secondary N) is 1. The predicted octanol–water partition coefficient (Wildman–Crippen LogP) is 2.41. The first-order chi connectivity index (χ1) is 16.6. The number of hydrogen-bond donors (Lipinski definition) is 1. The van der Waals surface area contributed by atoms with Gasteiger partial charge in [0, 0.05) is 43.7 Å². The number of benzene rings is 1. The molecular weight excluding hydrogens is 432 g/mol. The Morgan fingerprint density at radius 1 is 0.971 bits per heavy atom. The Bertz CT molecular complexity index is 882. The molecule has 3 heterocycles. The number of amides is 3. The van der Waals surface area contributed by atoms with Crippen LogP contribution in [-0.4, -0.2) is 84.3 Å². The van der Waals surface area contributed by atoms with E-state index in [0.29, 0.717) is 25.1 Å². The van der Waals surface area contributed by atoms with Crippen molar-refractivity contribution < 1.29 is 19.1 Å². The third kappa shape index (κ3) is 5.96. The Labute approximate surface area is 202 Å². The molecule has 2 fully saturated rings. The van der Waals surface area contributed by atoms with Gasteiger partial charge in [0.05, 0.1) is 13.2 Å². The number of imide groups is 1. The lowest BCUT2D eigenvalue weighted by Gasteiger charge is -2.34. The molecule has 34 heavy (non-hydrogen) atoms. The predicted molar refractivity (Wildman–Crippen MR) is 130 cm³/mol. The third-order valence-corrected chi connectivity index (χ3v) is 7.21. The van der Waals surface area contributed by atoms with E-state index in [1.165, 1.54) is 38.9 Å². The molecule has 1 N–H and O–H groups in total. The van der Waals surface area contributed by atoms with Gasteiger partial charge in [0.2, 0.25) is 11.8 Å². The van der Waals surface area contributed by atoms with E-state index in [2.05, 4.69) is 22.0 Å². The van der Waals surface area contributed by atoms with Gasteiger partial charge in [-0.3, -0.25) is 19.7 Å². The second-order valence-electron chi connectivity index (χ2n) is 9.63. The van der Waals surface area contributed by atoms with Crippen molar-refractivity contribution in [3.8, 4) is 5.75 Å². The Morgan fingerprint density at radius 3 is 2.35 bits per heavy atom. The lowest BCUT2D eigenvalue weighted by atomic mass is 10.0. The Kier molecular flexibility index (Phi) is 8.56. The first kappa shape index (κ1) is 24.7. The molecule has 0 aliphatic carbocycles. The van der Waals surface area contributed by atoms with E-state index in [-0.39, 0.29) is 24.1 Å². The highest BCUT2D eigenvalue weighted by Gasteiger charge is 2.40. The lowest BCUT2D eigenvalue weighted by molar-refractivity contribution is -0.136. The smallest absolute Gasteiger partial charge is 0.255 e. The minimum absolute atomic E-state index is 0.163. The highest BCUT2D eigenvalue weighted by Crippen LogP contribution is 2.33. The molecule has 0 saturated carbocycles. The van der Waals surface area contributed by atoms with Crippen molar-refractivity contribution in [2.75, 3.05) is 45.9 Å². The maximum absolute atomic E-state index is 12.9. The monoisotopic (exact) mass is 470 g/mol. The van der Waals surface area contributed by atoms with Gasteiger partial charge >= 0.3 is 0 Å². The number of piperidine rings is 1. The molecule has 1 aromatic carbocycles. The number of carbonyl (C=O) groups is 3. The van der Waals surface area contributed by atoms with Crippen molar-refractivity contribution in [1.82, 2.24) is 20.0 Å². The van der Waals surface area contributed by atoms with E-state index in [9.17, 15) is 14.4 Å². The van der Waals surface area contributed by atoms with Gasteiger partial charge < -0.3 is 19.4 Å². The molecule has 1 atom stereocenters. The first-order valence-electron chi connectivity index (χ1n) is 12.9. The normalized spacial score (nSPS) is 21.6. The zero-order valence-electron chi connectivity index (χ0n) is 20.4. The van der Waals surface area contributed by atoms with E-state index < -0.39 is 6.04 Å². The Balaban J connectivity index is 1.19. The molecule has 3 aliphatic heterocycles. The summed E-state index contributed by atoms with van der Waals surface area (Å²) in [6, 6.07) is 4.92. The average molecular weight is 471 g/mol. The molecule has 0 spiro atoms. The molecule has 2 saturated heterocycles. The zero-order valence-corrected chi connectivity index (χ0v) is 20.4. The van der Waals surface area contributed by atoms with Gasteiger partial charge in [0.1, 0.15) is 11.8 Å². The van der Waals surface area contributed by atoms with Crippen molar-refractivity contribution in [2.45, 2.75) is 64.5 Å². The van der Waals surface area contributed by atoms with Crippen LogP contribution in [0.1, 0.15) is 67.8 Å². The van der Waals surface area contributed by atoms with E-state index in [4.69, 9.17) is 4.74 Å². The fourth-order valence-electron chi connectivity index (χ4n) is 5.13. The van der Waals surface area contributed by atoms with Crippen molar-refractivity contribution in [1.29, 1.82) is 0 Å². The minimum Gasteiger partial charge on any atom is -0.493 e. The molecule has 0 aromatic heterocycles. The van der Waals surface area contributed by atoms with Crippen molar-refractivity contribution >= 4 is 17.7 Å². The van der Waals surface area contributed by atoms with Crippen LogP contribution in [0.4, 0.5) is 0 Å². The summed E-state index contributed by atoms with van der Waals surface area (Å²) in [5.41, 5.74) is 1.44. The number of nitrogens with zero attached hydrogens (tertiary/aromatic N) is 3. The number of rotatable bonds is 11. The number of hydrogen-bond acceptors (Lipinski definition) is 6. The topological polar surface area (TPSA) is 82.2 Å². The molecule has 4 rings (SSSR count). The second-order valence-corrected chi connectivity index (χ2v) is 9.63. The van der Waals surface area contributed by atoms with Crippen molar-refractivity contribution in [2.24, 2.45) is 0 Å². The summed E-state index contributed by atoms with van der Waals surface area (Å²) in [6.07, 6.45) is 6.60. The fourth-order valence-corrected chi connectivity index (χ4v) is 5.13. The molecule has 186 valence electrons. The largest absolute Gasteiger partial charge is 0.493 e. The SMILES string of the molecule is CCCCCN1CCN(CCCCOc2cccc3c2CN(C2CCC(=O)NC2=O)C3=O)CC1. The number of piperazine rings is 1. The summed E-state index contributed by atoms with van der Waals surface area (Å²) in [5, 5.41) is 2.35. The van der Waals surface area contributed by atoms with Gasteiger partial charge in [0.15, 0.2) is 0 Å². The number of ether oxygens (including phenoxy) is 1. The molecule has 8 heteroatoms. The van der Waals surface area contributed by atoms with Gasteiger partial charge in [-0.15, -0.1) is 0 Å². The van der Waals surface area contributed by atoms with Crippen LogP contribution in [0.15, 0.2) is 18.2 Å². The lowest BCUT2D eigenvalue weighted by Crippen LogP contribution is -2.52. The molecular formula is C26H38N4O4. The molecule has 3 amide bonds. The summed E-state index contributed by atoms with van der Waals surface area (Å²) >= 11 is 0. The van der Waals surface area contributed by atoms with Crippen LogP contribution in [-0.2, 0) is 16.1 Å². The summed E-state index contributed by atoms with van der Waals surface area (Å²) < 4.78 is 6.08. The van der Waals surface area contributed by atoms with Gasteiger partial charge in [-0.1, -0.05) is 25.8 Å². The van der Waals surface area contributed by atoms with E-state index in [0.717, 1.165) is 43.8 Å². The summed E-state index contributed by atoms with van der Waals surface area (Å²) in [7, 11) is 0. The van der Waals surface area contributed by atoms with Crippen LogP contribution >= 0.6 is 0 Å². The molecule has 0 bridgehead atoms. The third-order valence-electron chi connectivity index (χ3n) is 7.21. The standard InChI is InChI=1S/C26H38N4O4/c1-2-3-4-12-28-14-16-29(17-15-28)13-5-6-18-34-23-9-7-8-20-21(23)19-30(26(20)33)22-10-11-24(31)27-25(22)32/h7-9,22H,2-6,10-19H2,1H3,(H,27,31,32). The highest BCUT2D eigenvalue weighted by molar-refractivity contribution is 6.05. The van der Waals surface area contributed by atoms with Gasteiger partial charge in [-0.2, -0.15) is 0 Å². The highest BCUT2D eigenvalue weighted by atomic mass is 16.5. The summed E-state index contributed by atoms with van der Waals surface area (Å²) in [5.74, 6) is -0.102. The summed E-state index contributed by atoms with van der Waals surface area (Å²) in [4.78, 5) is 43.4. The first-order valence-corrected chi connectivity index (χ1v) is 12.9. The zero-order chi connectivity index (χ0) is 23.9. The summed E-state index contributed by atoms with van der Waals surface area (Å²) in [6.45, 7) is 10.2. The van der Waals surface area contributed by atoms with Crippen LogP contribution < -0.4 is 10.1 Å². The van der Waals surface area contributed by atoms with Crippen molar-refractivity contribution in [3.05, 3.63) is 29.3 Å². The average Bonchev–Trinajstić information content (AvgIpc) is 3.17. The Morgan fingerprint density at radius 2 is 1.68 bits per heavy atom. The van der Waals surface area contributed by atoms with Crippen LogP contribution in [0.3, 0.4) is 0 Å². The number of carbonyl (C=O) groups excluding carboxylic acids is 3. The van der Waals surface area contributed by atoms with E-state index in [1.807, 2.05) is 12.1 Å². The molecule has 0 radical (unpaired) electrons. The second kappa shape index (κ2) is 11.8. The molecule has 3 aliphatic rings. The molecule has 1 aromatic rings. The van der Waals surface area contributed by atoms with Gasteiger partial charge in [0.25, 0.3) is 5.91 Å². The number of unbranched alkanes of at least 4 members (excludes halogenated alkanes) is 3. The molecule has 8 nitrogen and oxygen atoms in total. The van der Waals surface area contributed by atoms with Crippen LogP contribution in [0, 0.1) is 0 Å². The van der Waals surface area contributed by atoms with Crippen LogP contribution in [0.5, 0.6) is 5.75 Å². The van der Waals surface area contributed by atoms with Crippen LogP contribution in [0.25, 0.3) is 0 Å².